The molecule has 3 amide bonds. The first-order chi connectivity index (χ1) is 12.8. The first-order valence-electron chi connectivity index (χ1n) is 8.51. The summed E-state index contributed by atoms with van der Waals surface area (Å²) in [5.41, 5.74) is 6.00. The molecule has 0 aliphatic rings. The average Bonchev–Trinajstić information content (AvgIpc) is 2.65. The summed E-state index contributed by atoms with van der Waals surface area (Å²) >= 11 is 0. The lowest BCUT2D eigenvalue weighted by Crippen LogP contribution is -2.40. The van der Waals surface area contributed by atoms with Gasteiger partial charge in [0.1, 0.15) is 0 Å². The molecule has 0 unspecified atom stereocenters. The Morgan fingerprint density at radius 3 is 2.07 bits per heavy atom. The van der Waals surface area contributed by atoms with Crippen molar-refractivity contribution in [2.24, 2.45) is 5.41 Å². The van der Waals surface area contributed by atoms with Crippen molar-refractivity contribution in [3.63, 3.8) is 0 Å². The Morgan fingerprint density at radius 2 is 1.48 bits per heavy atom. The molecule has 3 N–H and O–H groups in total. The molecule has 0 saturated heterocycles. The summed E-state index contributed by atoms with van der Waals surface area (Å²) in [5, 5.41) is 2.78. The maximum Gasteiger partial charge on any atom is 0.269 e. The van der Waals surface area contributed by atoms with Gasteiger partial charge in [0, 0.05) is 22.7 Å². The van der Waals surface area contributed by atoms with Crippen LogP contribution in [-0.4, -0.2) is 17.7 Å². The normalized spacial score (nSPS) is 11.1. The van der Waals surface area contributed by atoms with E-state index >= 15 is 0 Å². The first kappa shape index (κ1) is 19.9. The smallest absolute Gasteiger partial charge is 0.269 e. The molecule has 0 atom stereocenters. The summed E-state index contributed by atoms with van der Waals surface area (Å²) in [7, 11) is 0. The zero-order chi connectivity index (χ0) is 19.9. The van der Waals surface area contributed by atoms with Crippen molar-refractivity contribution in [2.45, 2.75) is 20.8 Å². The van der Waals surface area contributed by atoms with Gasteiger partial charge in [-0.25, -0.2) is 0 Å². The molecule has 0 fully saturated rings. The molecule has 0 heterocycles. The number of carbonyl (C=O) groups is 3. The van der Waals surface area contributed by atoms with Crippen LogP contribution in [0.4, 0.5) is 5.69 Å². The summed E-state index contributed by atoms with van der Waals surface area (Å²) in [6, 6.07) is 15.8. The predicted octanol–water partition coefficient (Wildman–Crippen LogP) is 3.15. The van der Waals surface area contributed by atoms with E-state index in [0.29, 0.717) is 11.3 Å². The van der Waals surface area contributed by atoms with Crippen molar-refractivity contribution < 1.29 is 14.4 Å². The van der Waals surface area contributed by atoms with E-state index in [-0.39, 0.29) is 5.91 Å². The SMILES string of the molecule is CC(C)(C)C(=O)Nc1ccc(C(=O)NNC(=O)/C=C/c2ccccc2)cc1. The highest BCUT2D eigenvalue weighted by atomic mass is 16.2. The van der Waals surface area contributed by atoms with Crippen molar-refractivity contribution in [3.8, 4) is 0 Å². The third-order valence-electron chi connectivity index (χ3n) is 3.61. The standard InChI is InChI=1S/C21H23N3O3/c1-21(2,3)20(27)22-17-12-10-16(11-13-17)19(26)24-23-18(25)14-9-15-7-5-4-6-8-15/h4-14H,1-3H3,(H,22,27)(H,23,25)(H,24,26)/b14-9+. The fourth-order valence-corrected chi connectivity index (χ4v) is 1.99. The van der Waals surface area contributed by atoms with Gasteiger partial charge >= 0.3 is 0 Å². The Bertz CT molecular complexity index is 835. The summed E-state index contributed by atoms with van der Waals surface area (Å²) in [6.07, 6.45) is 2.98. The van der Waals surface area contributed by atoms with E-state index in [0.717, 1.165) is 5.56 Å². The fourth-order valence-electron chi connectivity index (χ4n) is 1.99. The van der Waals surface area contributed by atoms with E-state index in [4.69, 9.17) is 0 Å². The van der Waals surface area contributed by atoms with Crippen LogP contribution in [0.1, 0.15) is 36.7 Å². The highest BCUT2D eigenvalue weighted by molar-refractivity contribution is 5.99. The monoisotopic (exact) mass is 365 g/mol. The number of carbonyl (C=O) groups excluding carboxylic acids is 3. The molecule has 0 bridgehead atoms. The Kier molecular flexibility index (Phi) is 6.49. The molecule has 27 heavy (non-hydrogen) atoms. The third-order valence-corrected chi connectivity index (χ3v) is 3.61. The van der Waals surface area contributed by atoms with Crippen LogP contribution in [0, 0.1) is 5.41 Å². The van der Waals surface area contributed by atoms with Crippen LogP contribution in [0.5, 0.6) is 0 Å². The van der Waals surface area contributed by atoms with E-state index in [2.05, 4.69) is 16.2 Å². The van der Waals surface area contributed by atoms with Crippen LogP contribution in [-0.2, 0) is 9.59 Å². The molecule has 140 valence electrons. The molecular weight excluding hydrogens is 342 g/mol. The number of nitrogens with one attached hydrogen (secondary N) is 3. The van der Waals surface area contributed by atoms with Crippen LogP contribution >= 0.6 is 0 Å². The average molecular weight is 365 g/mol. The maximum absolute atomic E-state index is 12.1. The van der Waals surface area contributed by atoms with Crippen molar-refractivity contribution in [1.29, 1.82) is 0 Å². The Labute approximate surface area is 158 Å². The lowest BCUT2D eigenvalue weighted by molar-refractivity contribution is -0.123. The largest absolute Gasteiger partial charge is 0.326 e. The molecule has 2 aromatic rings. The van der Waals surface area contributed by atoms with Crippen molar-refractivity contribution >= 4 is 29.5 Å². The van der Waals surface area contributed by atoms with Crippen LogP contribution < -0.4 is 16.2 Å². The zero-order valence-electron chi connectivity index (χ0n) is 15.6. The van der Waals surface area contributed by atoms with Gasteiger partial charge in [-0.2, -0.15) is 0 Å². The van der Waals surface area contributed by atoms with Crippen LogP contribution in [0.15, 0.2) is 60.7 Å². The lowest BCUT2D eigenvalue weighted by Gasteiger charge is -2.17. The molecule has 2 aromatic carbocycles. The molecule has 6 nitrogen and oxygen atoms in total. The van der Waals surface area contributed by atoms with Crippen molar-refractivity contribution in [3.05, 3.63) is 71.8 Å². The third kappa shape index (κ3) is 6.43. The van der Waals surface area contributed by atoms with Gasteiger partial charge in [0.2, 0.25) is 5.91 Å². The van der Waals surface area contributed by atoms with E-state index in [9.17, 15) is 14.4 Å². The highest BCUT2D eigenvalue weighted by Crippen LogP contribution is 2.17. The number of amides is 3. The molecule has 0 saturated carbocycles. The number of anilines is 1. The van der Waals surface area contributed by atoms with E-state index in [1.54, 1.807) is 30.3 Å². The molecule has 0 aliphatic carbocycles. The summed E-state index contributed by atoms with van der Waals surface area (Å²) in [4.78, 5) is 35.8. The minimum absolute atomic E-state index is 0.114. The molecular formula is C21H23N3O3. The van der Waals surface area contributed by atoms with Gasteiger partial charge < -0.3 is 5.32 Å². The topological polar surface area (TPSA) is 87.3 Å². The predicted molar refractivity (Wildman–Crippen MR) is 106 cm³/mol. The van der Waals surface area contributed by atoms with Gasteiger partial charge in [0.05, 0.1) is 0 Å². The number of rotatable bonds is 4. The van der Waals surface area contributed by atoms with E-state index in [1.807, 2.05) is 51.1 Å². The summed E-state index contributed by atoms with van der Waals surface area (Å²) < 4.78 is 0. The van der Waals surface area contributed by atoms with Crippen LogP contribution in [0.2, 0.25) is 0 Å². The Hall–Kier alpha value is -3.41. The lowest BCUT2D eigenvalue weighted by atomic mass is 9.95. The second-order valence-electron chi connectivity index (χ2n) is 6.97. The molecule has 2 rings (SSSR count). The van der Waals surface area contributed by atoms with Gasteiger partial charge in [-0.3, -0.25) is 25.2 Å². The summed E-state index contributed by atoms with van der Waals surface area (Å²) in [5.74, 6) is -1.01. The van der Waals surface area contributed by atoms with Crippen LogP contribution in [0.3, 0.4) is 0 Å². The highest BCUT2D eigenvalue weighted by Gasteiger charge is 2.21. The van der Waals surface area contributed by atoms with Crippen molar-refractivity contribution in [2.75, 3.05) is 5.32 Å². The maximum atomic E-state index is 12.1. The fraction of sp³-hybridized carbons (Fsp3) is 0.190. The van der Waals surface area contributed by atoms with Crippen molar-refractivity contribution in [1.82, 2.24) is 10.9 Å². The molecule has 0 aliphatic heterocycles. The number of hydrazine groups is 1. The van der Waals surface area contributed by atoms with Gasteiger partial charge in [-0.05, 0) is 35.9 Å². The summed E-state index contributed by atoms with van der Waals surface area (Å²) in [6.45, 7) is 5.46. The number of hydrogen-bond donors (Lipinski definition) is 3. The van der Waals surface area contributed by atoms with Gasteiger partial charge in [0.25, 0.3) is 11.8 Å². The quantitative estimate of drug-likeness (QED) is 0.575. The first-order valence-corrected chi connectivity index (χ1v) is 8.51. The zero-order valence-corrected chi connectivity index (χ0v) is 15.6. The molecule has 0 radical (unpaired) electrons. The second-order valence-corrected chi connectivity index (χ2v) is 6.97. The number of benzene rings is 2. The minimum atomic E-state index is -0.506. The minimum Gasteiger partial charge on any atom is -0.326 e. The van der Waals surface area contributed by atoms with Gasteiger partial charge in [-0.1, -0.05) is 51.1 Å². The van der Waals surface area contributed by atoms with E-state index < -0.39 is 17.2 Å². The second kappa shape index (κ2) is 8.80. The van der Waals surface area contributed by atoms with Gasteiger partial charge in [-0.15, -0.1) is 0 Å². The van der Waals surface area contributed by atoms with Crippen LogP contribution in [0.25, 0.3) is 6.08 Å². The Morgan fingerprint density at radius 1 is 0.852 bits per heavy atom. The molecule has 0 aromatic heterocycles. The van der Waals surface area contributed by atoms with E-state index in [1.165, 1.54) is 6.08 Å². The molecule has 0 spiro atoms. The number of hydrogen-bond acceptors (Lipinski definition) is 3. The Balaban J connectivity index is 1.86. The molecule has 6 heteroatoms. The van der Waals surface area contributed by atoms with Gasteiger partial charge in [0.15, 0.2) is 0 Å².